The van der Waals surface area contributed by atoms with E-state index in [9.17, 15) is 10.1 Å². The summed E-state index contributed by atoms with van der Waals surface area (Å²) in [7, 11) is 1.54. The Hall–Kier alpha value is -2.31. The van der Waals surface area contributed by atoms with Crippen LogP contribution in [0.15, 0.2) is 24.3 Å². The van der Waals surface area contributed by atoms with Crippen molar-refractivity contribution in [2.45, 2.75) is 25.9 Å². The molecule has 1 amide bonds. The van der Waals surface area contributed by atoms with Gasteiger partial charge in [0, 0.05) is 18.4 Å². The molecule has 0 radical (unpaired) electrons. The fraction of sp³-hybridized carbons (Fsp3) is 0.316. The number of benzene rings is 1. The van der Waals surface area contributed by atoms with E-state index in [0.29, 0.717) is 29.2 Å². The number of aromatic nitrogens is 1. The van der Waals surface area contributed by atoms with Crippen LogP contribution in [-0.2, 0) is 4.79 Å². The van der Waals surface area contributed by atoms with E-state index in [4.69, 9.17) is 9.72 Å². The highest BCUT2D eigenvalue weighted by Crippen LogP contribution is 2.48. The number of methoxy groups -OCH3 is 1. The monoisotopic (exact) mass is 522 g/mol. The van der Waals surface area contributed by atoms with E-state index in [1.54, 1.807) is 19.2 Å². The molecule has 29 heavy (non-hydrogen) atoms. The third-order valence-corrected chi connectivity index (χ3v) is 7.21. The summed E-state index contributed by atoms with van der Waals surface area (Å²) in [6.45, 7) is 2.07. The van der Waals surface area contributed by atoms with Gasteiger partial charge in [0.25, 0.3) is 0 Å². The molecular weight excluding hydrogens is 502 g/mol. The molecule has 2 aromatic rings. The number of pyridine rings is 1. The molecule has 150 valence electrons. The third-order valence-electron chi connectivity index (χ3n) is 4.87. The molecule has 1 saturated carbocycles. The zero-order valence-corrected chi connectivity index (χ0v) is 19.1. The molecule has 8 nitrogen and oxygen atoms in total. The number of halogens is 1. The van der Waals surface area contributed by atoms with Gasteiger partial charge in [0.15, 0.2) is 11.6 Å². The van der Waals surface area contributed by atoms with Gasteiger partial charge in [0.2, 0.25) is 5.91 Å². The van der Waals surface area contributed by atoms with Crippen LogP contribution >= 0.6 is 28.4 Å². The average molecular weight is 522 g/mol. The van der Waals surface area contributed by atoms with Crippen LogP contribution < -0.4 is 25.4 Å². The zero-order valence-electron chi connectivity index (χ0n) is 15.9. The second-order valence-corrected chi connectivity index (χ2v) is 9.01. The Morgan fingerprint density at radius 1 is 1.45 bits per heavy atom. The van der Waals surface area contributed by atoms with Crippen LogP contribution in [0.3, 0.4) is 0 Å². The quantitative estimate of drug-likeness (QED) is 0.377. The molecule has 0 spiro atoms. The minimum atomic E-state index is 0.00920. The molecular formula is C19H20IN6O2P. The van der Waals surface area contributed by atoms with Crippen molar-refractivity contribution in [3.8, 4) is 11.8 Å². The van der Waals surface area contributed by atoms with Gasteiger partial charge >= 0.3 is 0 Å². The van der Waals surface area contributed by atoms with E-state index < -0.39 is 0 Å². The summed E-state index contributed by atoms with van der Waals surface area (Å²) in [6, 6.07) is 9.33. The van der Waals surface area contributed by atoms with Crippen LogP contribution in [0, 0.1) is 17.2 Å². The maximum absolute atomic E-state index is 12.3. The number of hydrogen-bond acceptors (Lipinski definition) is 7. The Labute approximate surface area is 183 Å². The van der Waals surface area contributed by atoms with E-state index in [0.717, 1.165) is 30.0 Å². The molecule has 2 unspecified atom stereocenters. The standard InChI is InChI=1S/C19H20IN6O2P/c1-10-22-16-14(23-13-5-3-4-12(9-21)17(13)28-2)8-15(24-18(16)26(10)29-20)25-19(27)11-6-7-11/h3-5,8,10-11,22,29H,6-7H2,1-2H3,(H2,23,24,25,27). The second kappa shape index (κ2) is 8.20. The minimum Gasteiger partial charge on any atom is -0.493 e. The molecule has 1 fully saturated rings. The molecule has 2 atom stereocenters. The summed E-state index contributed by atoms with van der Waals surface area (Å²) >= 11 is 2.33. The lowest BCUT2D eigenvalue weighted by Crippen LogP contribution is -2.24. The maximum Gasteiger partial charge on any atom is 0.228 e. The highest BCUT2D eigenvalue weighted by Gasteiger charge is 2.32. The topological polar surface area (TPSA) is 102 Å². The average Bonchev–Trinajstić information content (AvgIpc) is 3.51. The highest BCUT2D eigenvalue weighted by atomic mass is 127. The number of fused-ring (bicyclic) bond motifs is 1. The number of carbonyl (C=O) groups is 1. The first kappa shape index (κ1) is 20.0. The molecule has 10 heteroatoms. The predicted octanol–water partition coefficient (Wildman–Crippen LogP) is 4.58. The van der Waals surface area contributed by atoms with Crippen molar-refractivity contribution >= 4 is 63.0 Å². The summed E-state index contributed by atoms with van der Waals surface area (Å²) in [5, 5.41) is 19.1. The van der Waals surface area contributed by atoms with Gasteiger partial charge in [-0.1, -0.05) is 6.07 Å². The molecule has 0 bridgehead atoms. The van der Waals surface area contributed by atoms with Crippen molar-refractivity contribution in [2.24, 2.45) is 5.92 Å². The molecule has 1 aliphatic carbocycles. The SMILES string of the molecule is COc1c(C#N)cccc1Nc1cc(NC(=O)C2CC2)nc2c1NC(C)N2PI. The Morgan fingerprint density at radius 3 is 2.90 bits per heavy atom. The molecule has 1 aromatic heterocycles. The van der Waals surface area contributed by atoms with Crippen LogP contribution in [0.1, 0.15) is 25.3 Å². The Morgan fingerprint density at radius 2 is 2.24 bits per heavy atom. The van der Waals surface area contributed by atoms with Gasteiger partial charge in [-0.2, -0.15) is 5.26 Å². The Bertz CT molecular complexity index is 1010. The Kier molecular flexibility index (Phi) is 5.65. The van der Waals surface area contributed by atoms with Crippen LogP contribution in [0.5, 0.6) is 5.75 Å². The van der Waals surface area contributed by atoms with Crippen molar-refractivity contribution in [2.75, 3.05) is 27.7 Å². The number of rotatable bonds is 6. The van der Waals surface area contributed by atoms with Gasteiger partial charge in [0.1, 0.15) is 23.7 Å². The minimum absolute atomic E-state index is 0.00920. The highest BCUT2D eigenvalue weighted by molar-refractivity contribution is 14.2. The predicted molar refractivity (Wildman–Crippen MR) is 124 cm³/mol. The molecule has 0 saturated heterocycles. The lowest BCUT2D eigenvalue weighted by Gasteiger charge is -2.19. The summed E-state index contributed by atoms with van der Waals surface area (Å²) in [4.78, 5) is 17.0. The van der Waals surface area contributed by atoms with E-state index in [1.807, 2.05) is 12.1 Å². The van der Waals surface area contributed by atoms with Crippen molar-refractivity contribution in [1.29, 1.82) is 5.26 Å². The van der Waals surface area contributed by atoms with Crippen molar-refractivity contribution in [3.05, 3.63) is 29.8 Å². The molecule has 1 aliphatic heterocycles. The number of nitrogens with zero attached hydrogens (tertiary/aromatic N) is 3. The van der Waals surface area contributed by atoms with Crippen molar-refractivity contribution < 1.29 is 9.53 Å². The van der Waals surface area contributed by atoms with Crippen LogP contribution in [0.25, 0.3) is 0 Å². The fourth-order valence-electron chi connectivity index (χ4n) is 3.24. The summed E-state index contributed by atoms with van der Waals surface area (Å²) in [5.74, 6) is 1.87. The van der Waals surface area contributed by atoms with E-state index in [-0.39, 0.29) is 18.0 Å². The smallest absolute Gasteiger partial charge is 0.228 e. The largest absolute Gasteiger partial charge is 0.493 e. The van der Waals surface area contributed by atoms with E-state index >= 15 is 0 Å². The second-order valence-electron chi connectivity index (χ2n) is 6.92. The first-order valence-electron chi connectivity index (χ1n) is 9.17. The van der Waals surface area contributed by atoms with Crippen LogP contribution in [-0.4, -0.2) is 24.2 Å². The lowest BCUT2D eigenvalue weighted by atomic mass is 10.1. The number of carbonyl (C=O) groups excluding carboxylic acids is 1. The van der Waals surface area contributed by atoms with Gasteiger partial charge in [0.05, 0.1) is 24.0 Å². The molecule has 3 N–H and O–H groups in total. The number of para-hydroxylation sites is 1. The first-order valence-corrected chi connectivity index (χ1v) is 13.2. The Balaban J connectivity index is 1.75. The number of amides is 1. The number of nitriles is 1. The van der Waals surface area contributed by atoms with Crippen LogP contribution in [0.2, 0.25) is 0 Å². The fourth-order valence-corrected chi connectivity index (χ4v) is 5.63. The van der Waals surface area contributed by atoms with Crippen molar-refractivity contribution in [1.82, 2.24) is 4.98 Å². The summed E-state index contributed by atoms with van der Waals surface area (Å²) < 4.78 is 7.61. The molecule has 2 heterocycles. The van der Waals surface area contributed by atoms with Crippen LogP contribution in [0.4, 0.5) is 28.7 Å². The first-order chi connectivity index (χ1) is 14.0. The number of ether oxygens (including phenoxy) is 1. The normalized spacial score (nSPS) is 17.6. The number of nitrogens with one attached hydrogen (secondary N) is 3. The zero-order chi connectivity index (χ0) is 20.5. The molecule has 1 aromatic carbocycles. The van der Waals surface area contributed by atoms with Gasteiger partial charge in [-0.15, -0.1) is 0 Å². The third kappa shape index (κ3) is 3.91. The van der Waals surface area contributed by atoms with Gasteiger partial charge in [-0.25, -0.2) is 4.98 Å². The van der Waals surface area contributed by atoms with Gasteiger partial charge < -0.3 is 25.4 Å². The maximum atomic E-state index is 12.3. The van der Waals surface area contributed by atoms with Crippen molar-refractivity contribution in [3.63, 3.8) is 0 Å². The lowest BCUT2D eigenvalue weighted by molar-refractivity contribution is -0.117. The summed E-state index contributed by atoms with van der Waals surface area (Å²) in [5.41, 5.74) is 2.74. The van der Waals surface area contributed by atoms with E-state index in [2.05, 4.69) is 55.7 Å². The number of hydrogen-bond donors (Lipinski definition) is 3. The molecule has 4 rings (SSSR count). The van der Waals surface area contributed by atoms with Gasteiger partial charge in [-0.3, -0.25) is 4.79 Å². The summed E-state index contributed by atoms with van der Waals surface area (Å²) in [6.07, 6.45) is 2.43. The number of anilines is 5. The van der Waals surface area contributed by atoms with Gasteiger partial charge in [-0.05, 0) is 53.9 Å². The molecule has 2 aliphatic rings. The van der Waals surface area contributed by atoms with E-state index in [1.165, 1.54) is 0 Å².